The van der Waals surface area contributed by atoms with Crippen molar-refractivity contribution in [2.24, 2.45) is 11.8 Å². The van der Waals surface area contributed by atoms with Crippen molar-refractivity contribution in [1.82, 2.24) is 14.9 Å². The molecule has 0 N–H and O–H groups in total. The minimum absolute atomic E-state index is 0.0700. The summed E-state index contributed by atoms with van der Waals surface area (Å²) < 4.78 is 38.8. The van der Waals surface area contributed by atoms with Crippen LogP contribution in [0.4, 0.5) is 13.2 Å². The van der Waals surface area contributed by atoms with Crippen molar-refractivity contribution in [2.45, 2.75) is 51.1 Å². The molecule has 3 heterocycles. The largest absolute Gasteiger partial charge is 0.391 e. The number of alkyl halides is 3. The van der Waals surface area contributed by atoms with E-state index in [9.17, 15) is 22.8 Å². The topological polar surface area (TPSA) is 43.9 Å². The van der Waals surface area contributed by atoms with E-state index in [4.69, 9.17) is 23.2 Å². The van der Waals surface area contributed by atoms with Gasteiger partial charge in [-0.1, -0.05) is 41.8 Å². The highest BCUT2D eigenvalue weighted by Gasteiger charge is 2.42. The van der Waals surface area contributed by atoms with E-state index in [0.717, 1.165) is 55.6 Å². The molecule has 3 saturated heterocycles. The Kier molecular flexibility index (Phi) is 8.45. The first kappa shape index (κ1) is 28.2. The maximum atomic E-state index is 13.1. The molecule has 0 spiro atoms. The van der Waals surface area contributed by atoms with Gasteiger partial charge in [0.15, 0.2) is 0 Å². The van der Waals surface area contributed by atoms with E-state index < -0.39 is 12.1 Å². The van der Waals surface area contributed by atoms with Gasteiger partial charge in [-0.2, -0.15) is 13.2 Å². The van der Waals surface area contributed by atoms with Crippen molar-refractivity contribution >= 4 is 35.0 Å². The van der Waals surface area contributed by atoms with Crippen LogP contribution >= 0.6 is 23.2 Å². The molecular formula is C29H32Cl2F3N3O2. The van der Waals surface area contributed by atoms with Crippen molar-refractivity contribution in [3.8, 4) is 11.1 Å². The summed E-state index contributed by atoms with van der Waals surface area (Å²) in [5.74, 6) is -1.63. The fourth-order valence-electron chi connectivity index (χ4n) is 5.92. The molecule has 10 heteroatoms. The molecule has 0 saturated carbocycles. The van der Waals surface area contributed by atoms with Crippen molar-refractivity contribution in [3.63, 3.8) is 0 Å². The van der Waals surface area contributed by atoms with Gasteiger partial charge in [0.1, 0.15) is 0 Å². The van der Waals surface area contributed by atoms with Crippen molar-refractivity contribution in [3.05, 3.63) is 57.6 Å². The Morgan fingerprint density at radius 1 is 0.846 bits per heavy atom. The lowest BCUT2D eigenvalue weighted by molar-refractivity contribution is -0.183. The van der Waals surface area contributed by atoms with Gasteiger partial charge in [-0.05, 0) is 79.5 Å². The minimum atomic E-state index is -4.21. The molecule has 3 aliphatic heterocycles. The van der Waals surface area contributed by atoms with Gasteiger partial charge in [0.25, 0.3) is 5.91 Å². The van der Waals surface area contributed by atoms with E-state index in [1.54, 1.807) is 24.3 Å². The molecule has 1 unspecified atom stereocenters. The Morgan fingerprint density at radius 3 is 2.05 bits per heavy atom. The molecule has 2 aromatic rings. The highest BCUT2D eigenvalue weighted by Crippen LogP contribution is 2.37. The Balaban J connectivity index is 1.23. The number of hydrogen-bond donors (Lipinski definition) is 0. The van der Waals surface area contributed by atoms with Crippen LogP contribution in [0.15, 0.2) is 36.4 Å². The van der Waals surface area contributed by atoms with Gasteiger partial charge in [0, 0.05) is 54.3 Å². The number of benzene rings is 2. The maximum Gasteiger partial charge on any atom is 0.391 e. The molecule has 0 aromatic heterocycles. The first-order valence-electron chi connectivity index (χ1n) is 13.6. The minimum Gasteiger partial charge on any atom is -0.339 e. The predicted molar refractivity (Wildman–Crippen MR) is 146 cm³/mol. The van der Waals surface area contributed by atoms with Gasteiger partial charge in [-0.3, -0.25) is 14.6 Å². The van der Waals surface area contributed by atoms with Gasteiger partial charge in [0.05, 0.1) is 5.92 Å². The molecule has 210 valence electrons. The number of piperidine rings is 2. The molecule has 2 aromatic carbocycles. The lowest BCUT2D eigenvalue weighted by Gasteiger charge is -2.34. The second-order valence-electron chi connectivity index (χ2n) is 10.8. The average Bonchev–Trinajstić information content (AvgIpc) is 3.30. The predicted octanol–water partition coefficient (Wildman–Crippen LogP) is 6.87. The average molecular weight is 582 g/mol. The van der Waals surface area contributed by atoms with E-state index >= 15 is 0 Å². The van der Waals surface area contributed by atoms with Crippen LogP contribution in [0.1, 0.15) is 54.4 Å². The second-order valence-corrected chi connectivity index (χ2v) is 11.6. The van der Waals surface area contributed by atoms with Crippen molar-refractivity contribution < 1.29 is 22.8 Å². The number of hydrogen-bond acceptors (Lipinski definition) is 3. The molecule has 2 amide bonds. The smallest absolute Gasteiger partial charge is 0.339 e. The monoisotopic (exact) mass is 581 g/mol. The zero-order valence-electron chi connectivity index (χ0n) is 21.7. The Hall–Kier alpha value is -2.29. The van der Waals surface area contributed by atoms with Crippen LogP contribution in [0, 0.1) is 11.8 Å². The molecular weight excluding hydrogens is 550 g/mol. The van der Waals surface area contributed by atoms with E-state index in [0.29, 0.717) is 22.0 Å². The molecule has 5 nitrogen and oxygen atoms in total. The summed E-state index contributed by atoms with van der Waals surface area (Å²) in [6.07, 6.45) is 0.343. The fourth-order valence-corrected chi connectivity index (χ4v) is 6.56. The third kappa shape index (κ3) is 6.23. The van der Waals surface area contributed by atoms with Crippen molar-refractivity contribution in [2.75, 3.05) is 32.7 Å². The van der Waals surface area contributed by atoms with Gasteiger partial charge < -0.3 is 4.90 Å². The summed E-state index contributed by atoms with van der Waals surface area (Å²) in [5, 5.41) is 5.07. The Bertz CT molecular complexity index is 1180. The van der Waals surface area contributed by atoms with Crippen LogP contribution in [-0.2, 0) is 11.2 Å². The van der Waals surface area contributed by atoms with Crippen LogP contribution in [0.25, 0.3) is 11.1 Å². The van der Waals surface area contributed by atoms with E-state index in [1.165, 1.54) is 11.3 Å². The number of nitrogens with zero attached hydrogens (tertiary/aromatic N) is 3. The first-order chi connectivity index (χ1) is 18.6. The molecule has 0 bridgehead atoms. The van der Waals surface area contributed by atoms with E-state index in [1.807, 2.05) is 17.1 Å². The standard InChI is InChI=1S/C29H32Cl2F3N3O2/c30-25-17-22(18-26(31)24(25)16-21-8-15-37(28(21)39)36-11-2-1-3-12-36)19-4-6-20(7-5-19)27(38)35-13-9-23(10-14-35)29(32,33)34/h4-7,17-18,21,23H,1-3,8-16H2. The molecule has 3 aliphatic rings. The van der Waals surface area contributed by atoms with Crippen LogP contribution in [0.5, 0.6) is 0 Å². The number of rotatable bonds is 5. The third-order valence-corrected chi connectivity index (χ3v) is 8.94. The first-order valence-corrected chi connectivity index (χ1v) is 14.4. The number of carbonyl (C=O) groups excluding carboxylic acids is 2. The van der Waals surface area contributed by atoms with E-state index in [2.05, 4.69) is 5.01 Å². The van der Waals surface area contributed by atoms with Crippen LogP contribution in [0.3, 0.4) is 0 Å². The molecule has 0 radical (unpaired) electrons. The number of halogens is 5. The van der Waals surface area contributed by atoms with E-state index in [-0.39, 0.29) is 43.7 Å². The summed E-state index contributed by atoms with van der Waals surface area (Å²) in [5.41, 5.74) is 2.78. The zero-order valence-corrected chi connectivity index (χ0v) is 23.2. The number of hydrazine groups is 1. The highest BCUT2D eigenvalue weighted by atomic mass is 35.5. The highest BCUT2D eigenvalue weighted by molar-refractivity contribution is 6.36. The fraction of sp³-hybridized carbons (Fsp3) is 0.517. The lowest BCUT2D eigenvalue weighted by Crippen LogP contribution is -2.47. The van der Waals surface area contributed by atoms with Gasteiger partial charge >= 0.3 is 6.18 Å². The Labute approximate surface area is 236 Å². The molecule has 0 aliphatic carbocycles. The van der Waals surface area contributed by atoms with Gasteiger partial charge in [-0.25, -0.2) is 5.01 Å². The third-order valence-electron chi connectivity index (χ3n) is 8.27. The summed E-state index contributed by atoms with van der Waals surface area (Å²) in [6, 6.07) is 10.6. The summed E-state index contributed by atoms with van der Waals surface area (Å²) in [4.78, 5) is 27.4. The molecule has 5 rings (SSSR count). The second kappa shape index (κ2) is 11.7. The van der Waals surface area contributed by atoms with Crippen LogP contribution in [-0.4, -0.2) is 65.6 Å². The number of likely N-dealkylation sites (tertiary alicyclic amines) is 1. The summed E-state index contributed by atoms with van der Waals surface area (Å²) >= 11 is 13.3. The molecule has 3 fully saturated rings. The maximum absolute atomic E-state index is 13.1. The summed E-state index contributed by atoms with van der Waals surface area (Å²) in [6.45, 7) is 2.76. The van der Waals surface area contributed by atoms with Gasteiger partial charge in [-0.15, -0.1) is 0 Å². The molecule has 39 heavy (non-hydrogen) atoms. The van der Waals surface area contributed by atoms with Crippen molar-refractivity contribution in [1.29, 1.82) is 0 Å². The SMILES string of the molecule is O=C(c1ccc(-c2cc(Cl)c(CC3CCN(N4CCCCC4)C3=O)c(Cl)c2)cc1)N1CCC(C(F)(F)F)CC1. The van der Waals surface area contributed by atoms with Gasteiger partial charge in [0.2, 0.25) is 5.91 Å². The number of carbonyl (C=O) groups is 2. The Morgan fingerprint density at radius 2 is 1.46 bits per heavy atom. The summed E-state index contributed by atoms with van der Waals surface area (Å²) in [7, 11) is 0. The zero-order chi connectivity index (χ0) is 27.7. The quantitative estimate of drug-likeness (QED) is 0.387. The number of amides is 2. The van der Waals surface area contributed by atoms with Crippen LogP contribution < -0.4 is 0 Å². The lowest BCUT2D eigenvalue weighted by atomic mass is 9.95. The van der Waals surface area contributed by atoms with Crippen LogP contribution in [0.2, 0.25) is 10.0 Å². The normalized spacial score (nSPS) is 21.6. The molecule has 1 atom stereocenters.